The van der Waals surface area contributed by atoms with Crippen LogP contribution in [0.4, 0.5) is 0 Å². The van der Waals surface area contributed by atoms with Crippen molar-refractivity contribution in [3.8, 4) is 0 Å². The molecule has 104 valence electrons. The highest BCUT2D eigenvalue weighted by atomic mass is 16.4. The Kier molecular flexibility index (Phi) is 4.21. The second-order valence-electron chi connectivity index (χ2n) is 4.82. The first-order chi connectivity index (χ1) is 9.09. The van der Waals surface area contributed by atoms with E-state index in [0.717, 1.165) is 25.9 Å². The highest BCUT2D eigenvalue weighted by Crippen LogP contribution is 2.21. The third-order valence-electron chi connectivity index (χ3n) is 3.43. The molecule has 1 aliphatic heterocycles. The van der Waals surface area contributed by atoms with Gasteiger partial charge in [-0.1, -0.05) is 0 Å². The number of amides is 1. The van der Waals surface area contributed by atoms with Crippen LogP contribution in [0.1, 0.15) is 36.3 Å². The summed E-state index contributed by atoms with van der Waals surface area (Å²) < 4.78 is 1.95. The molecule has 2 heterocycles. The Morgan fingerprint density at radius 1 is 1.47 bits per heavy atom. The van der Waals surface area contributed by atoms with Gasteiger partial charge in [-0.05, 0) is 45.0 Å². The zero-order valence-corrected chi connectivity index (χ0v) is 10.9. The lowest BCUT2D eigenvalue weighted by Gasteiger charge is -2.26. The fourth-order valence-corrected chi connectivity index (χ4v) is 2.32. The van der Waals surface area contributed by atoms with Crippen molar-refractivity contribution in [3.05, 3.63) is 24.0 Å². The van der Waals surface area contributed by atoms with Gasteiger partial charge in [-0.2, -0.15) is 0 Å². The Bertz CT molecular complexity index is 463. The third-order valence-corrected chi connectivity index (χ3v) is 3.43. The number of carboxylic acids is 1. The van der Waals surface area contributed by atoms with Crippen LogP contribution in [-0.2, 0) is 4.79 Å². The molecule has 0 aromatic carbocycles. The predicted molar refractivity (Wildman–Crippen MR) is 70.1 cm³/mol. The Labute approximate surface area is 111 Å². The van der Waals surface area contributed by atoms with Crippen LogP contribution in [0.5, 0.6) is 0 Å². The molecule has 2 rings (SSSR count). The molecule has 1 atom stereocenters. The van der Waals surface area contributed by atoms with Crippen LogP contribution < -0.4 is 10.6 Å². The van der Waals surface area contributed by atoms with E-state index in [1.54, 1.807) is 6.07 Å². The van der Waals surface area contributed by atoms with Gasteiger partial charge in [0.15, 0.2) is 0 Å². The van der Waals surface area contributed by atoms with Crippen molar-refractivity contribution in [3.63, 3.8) is 0 Å². The van der Waals surface area contributed by atoms with Gasteiger partial charge in [0.25, 0.3) is 5.91 Å². The van der Waals surface area contributed by atoms with Crippen LogP contribution in [0.2, 0.25) is 0 Å². The van der Waals surface area contributed by atoms with Crippen molar-refractivity contribution >= 4 is 11.9 Å². The molecule has 0 bridgehead atoms. The molecule has 0 saturated carbocycles. The van der Waals surface area contributed by atoms with Gasteiger partial charge < -0.3 is 20.3 Å². The minimum absolute atomic E-state index is 0.303. The number of nitrogens with one attached hydrogen (secondary N) is 2. The molecule has 1 saturated heterocycles. The van der Waals surface area contributed by atoms with Gasteiger partial charge in [-0.15, -0.1) is 0 Å². The van der Waals surface area contributed by atoms with Gasteiger partial charge in [-0.3, -0.25) is 9.59 Å². The van der Waals surface area contributed by atoms with E-state index in [9.17, 15) is 9.59 Å². The van der Waals surface area contributed by atoms with E-state index in [1.165, 1.54) is 6.92 Å². The summed E-state index contributed by atoms with van der Waals surface area (Å²) in [5.41, 5.74) is 0.528. The Balaban J connectivity index is 2.10. The molecular formula is C13H19N3O3. The number of rotatable bonds is 4. The molecule has 6 heteroatoms. The summed E-state index contributed by atoms with van der Waals surface area (Å²) in [7, 11) is 0. The molecule has 0 unspecified atom stereocenters. The first kappa shape index (κ1) is 13.6. The van der Waals surface area contributed by atoms with Gasteiger partial charge in [0.1, 0.15) is 11.7 Å². The van der Waals surface area contributed by atoms with E-state index < -0.39 is 12.0 Å². The average Bonchev–Trinajstić information content (AvgIpc) is 2.88. The summed E-state index contributed by atoms with van der Waals surface area (Å²) in [5, 5.41) is 14.6. The summed E-state index contributed by atoms with van der Waals surface area (Å²) >= 11 is 0. The van der Waals surface area contributed by atoms with Crippen molar-refractivity contribution in [1.82, 2.24) is 15.2 Å². The van der Waals surface area contributed by atoms with Crippen LogP contribution >= 0.6 is 0 Å². The number of aliphatic carboxylic acids is 1. The van der Waals surface area contributed by atoms with E-state index in [0.29, 0.717) is 11.7 Å². The maximum atomic E-state index is 12.1. The van der Waals surface area contributed by atoms with Gasteiger partial charge in [0.2, 0.25) is 0 Å². The molecule has 1 fully saturated rings. The lowest BCUT2D eigenvalue weighted by atomic mass is 10.1. The van der Waals surface area contributed by atoms with Crippen molar-refractivity contribution in [2.75, 3.05) is 13.1 Å². The molecule has 1 aromatic heterocycles. The average molecular weight is 265 g/mol. The largest absolute Gasteiger partial charge is 0.480 e. The Morgan fingerprint density at radius 2 is 2.16 bits per heavy atom. The minimum Gasteiger partial charge on any atom is -0.480 e. The molecule has 0 radical (unpaired) electrons. The molecule has 0 aliphatic carbocycles. The number of carbonyl (C=O) groups is 2. The van der Waals surface area contributed by atoms with Crippen LogP contribution in [0.15, 0.2) is 18.3 Å². The van der Waals surface area contributed by atoms with Crippen molar-refractivity contribution in [2.45, 2.75) is 31.8 Å². The summed E-state index contributed by atoms with van der Waals surface area (Å²) in [6.45, 7) is 3.34. The molecule has 19 heavy (non-hydrogen) atoms. The second kappa shape index (κ2) is 5.88. The number of hydrogen-bond donors (Lipinski definition) is 3. The van der Waals surface area contributed by atoms with E-state index in [4.69, 9.17) is 5.11 Å². The van der Waals surface area contributed by atoms with E-state index in [2.05, 4.69) is 10.6 Å². The number of carboxylic acid groups (broad SMARTS) is 1. The van der Waals surface area contributed by atoms with Crippen LogP contribution in [0.25, 0.3) is 0 Å². The van der Waals surface area contributed by atoms with Gasteiger partial charge >= 0.3 is 5.97 Å². The lowest BCUT2D eigenvalue weighted by molar-refractivity contribution is -0.138. The number of carbonyl (C=O) groups excluding carboxylic acids is 1. The Hall–Kier alpha value is -1.82. The molecular weight excluding hydrogens is 246 g/mol. The summed E-state index contributed by atoms with van der Waals surface area (Å²) in [6.07, 6.45) is 3.84. The van der Waals surface area contributed by atoms with Gasteiger partial charge in [0.05, 0.1) is 0 Å². The van der Waals surface area contributed by atoms with Crippen LogP contribution in [-0.4, -0.2) is 40.7 Å². The number of hydrogen-bond acceptors (Lipinski definition) is 3. The number of piperidine rings is 1. The fourth-order valence-electron chi connectivity index (χ4n) is 2.32. The zero-order chi connectivity index (χ0) is 13.8. The SMILES string of the molecule is C[C@@H](NC(=O)c1cccn1C1CCNCC1)C(=O)O. The van der Waals surface area contributed by atoms with E-state index in [-0.39, 0.29) is 5.91 Å². The topological polar surface area (TPSA) is 83.4 Å². The highest BCUT2D eigenvalue weighted by molar-refractivity contribution is 5.95. The summed E-state index contributed by atoms with van der Waals surface area (Å²) in [5.74, 6) is -1.37. The Morgan fingerprint density at radius 3 is 2.79 bits per heavy atom. The molecule has 1 amide bonds. The molecule has 1 aromatic rings. The maximum absolute atomic E-state index is 12.1. The molecule has 6 nitrogen and oxygen atoms in total. The highest BCUT2D eigenvalue weighted by Gasteiger charge is 2.22. The first-order valence-corrected chi connectivity index (χ1v) is 6.51. The molecule has 0 spiro atoms. The van der Waals surface area contributed by atoms with Crippen LogP contribution in [0, 0.1) is 0 Å². The predicted octanol–water partition coefficient (Wildman–Crippen LogP) is 0.615. The molecule has 1 aliphatic rings. The maximum Gasteiger partial charge on any atom is 0.325 e. The number of aromatic nitrogens is 1. The third kappa shape index (κ3) is 3.14. The van der Waals surface area contributed by atoms with Gasteiger partial charge in [0, 0.05) is 12.2 Å². The number of nitrogens with zero attached hydrogens (tertiary/aromatic N) is 1. The summed E-state index contributed by atoms with van der Waals surface area (Å²) in [4.78, 5) is 22.8. The fraction of sp³-hybridized carbons (Fsp3) is 0.538. The normalized spacial score (nSPS) is 17.9. The van der Waals surface area contributed by atoms with Crippen molar-refractivity contribution in [2.24, 2.45) is 0 Å². The van der Waals surface area contributed by atoms with Crippen molar-refractivity contribution < 1.29 is 14.7 Å². The monoisotopic (exact) mass is 265 g/mol. The van der Waals surface area contributed by atoms with Crippen LogP contribution in [0.3, 0.4) is 0 Å². The smallest absolute Gasteiger partial charge is 0.325 e. The quantitative estimate of drug-likeness (QED) is 0.745. The zero-order valence-electron chi connectivity index (χ0n) is 10.9. The second-order valence-corrected chi connectivity index (χ2v) is 4.82. The van der Waals surface area contributed by atoms with Gasteiger partial charge in [-0.25, -0.2) is 0 Å². The standard InChI is InChI=1S/C13H19N3O3/c1-9(13(18)19)15-12(17)11-3-2-8-16(11)10-4-6-14-7-5-10/h2-3,8-10,14H,4-7H2,1H3,(H,15,17)(H,18,19)/t9-/m1/s1. The minimum atomic E-state index is -1.03. The lowest BCUT2D eigenvalue weighted by Crippen LogP contribution is -2.40. The molecule has 3 N–H and O–H groups in total. The summed E-state index contributed by atoms with van der Waals surface area (Å²) in [6, 6.07) is 2.97. The van der Waals surface area contributed by atoms with Crippen molar-refractivity contribution in [1.29, 1.82) is 0 Å². The van der Waals surface area contributed by atoms with E-state index >= 15 is 0 Å². The van der Waals surface area contributed by atoms with E-state index in [1.807, 2.05) is 16.8 Å². The first-order valence-electron chi connectivity index (χ1n) is 6.51.